The number of aromatic nitrogens is 3. The number of thiophene rings is 1. The van der Waals surface area contributed by atoms with Gasteiger partial charge >= 0.3 is 0 Å². The molecule has 0 aliphatic heterocycles. The van der Waals surface area contributed by atoms with E-state index in [9.17, 15) is 4.79 Å². The maximum atomic E-state index is 12.3. The average Bonchev–Trinajstić information content (AvgIpc) is 3.27. The molecule has 0 bridgehead atoms. The number of rotatable bonds is 8. The molecule has 8 heteroatoms. The van der Waals surface area contributed by atoms with Crippen molar-refractivity contribution in [3.05, 3.63) is 45.1 Å². The van der Waals surface area contributed by atoms with Crippen LogP contribution in [0.1, 0.15) is 23.5 Å². The Labute approximate surface area is 175 Å². The third-order valence-corrected chi connectivity index (χ3v) is 7.19. The lowest BCUT2D eigenvalue weighted by molar-refractivity contribution is 0.102. The molecule has 142 valence electrons. The normalized spacial score (nSPS) is 11.0. The van der Waals surface area contributed by atoms with Crippen molar-refractivity contribution < 1.29 is 4.79 Å². The molecule has 0 aliphatic rings. The summed E-state index contributed by atoms with van der Waals surface area (Å²) in [5.41, 5.74) is 2.22. The van der Waals surface area contributed by atoms with Gasteiger partial charge in [-0.15, -0.1) is 21.5 Å². The number of hydrogen-bond donors (Lipinski definition) is 0. The van der Waals surface area contributed by atoms with E-state index in [0.29, 0.717) is 5.75 Å². The van der Waals surface area contributed by atoms with Crippen LogP contribution in [0.3, 0.4) is 0 Å². The second kappa shape index (κ2) is 9.03. The average molecular weight is 465 g/mol. The van der Waals surface area contributed by atoms with E-state index in [1.165, 1.54) is 28.8 Å². The molecule has 0 spiro atoms. The fourth-order valence-electron chi connectivity index (χ4n) is 2.79. The number of thioether (sulfide) groups is 1. The molecule has 2 aromatic heterocycles. The van der Waals surface area contributed by atoms with E-state index in [2.05, 4.69) is 69.1 Å². The molecule has 5 nitrogen and oxygen atoms in total. The zero-order valence-electron chi connectivity index (χ0n) is 15.5. The van der Waals surface area contributed by atoms with Crippen molar-refractivity contribution in [3.8, 4) is 11.4 Å². The van der Waals surface area contributed by atoms with Gasteiger partial charge in [0, 0.05) is 35.9 Å². The topological polar surface area (TPSA) is 51.0 Å². The lowest BCUT2D eigenvalue weighted by Gasteiger charge is -2.21. The third kappa shape index (κ3) is 4.44. The predicted molar refractivity (Wildman–Crippen MR) is 117 cm³/mol. The van der Waals surface area contributed by atoms with Crippen LogP contribution in [0, 0.1) is 0 Å². The van der Waals surface area contributed by atoms with Gasteiger partial charge in [0.1, 0.15) is 0 Å². The summed E-state index contributed by atoms with van der Waals surface area (Å²) >= 11 is 6.27. The molecule has 0 amide bonds. The largest absolute Gasteiger partial charge is 0.372 e. The van der Waals surface area contributed by atoms with E-state index in [1.54, 1.807) is 0 Å². The molecular formula is C19H21BrN4OS2. The molecule has 0 saturated carbocycles. The van der Waals surface area contributed by atoms with Crippen LogP contribution in [0.5, 0.6) is 0 Å². The van der Waals surface area contributed by atoms with Crippen molar-refractivity contribution in [1.82, 2.24) is 14.8 Å². The number of benzene rings is 1. The first-order valence-electron chi connectivity index (χ1n) is 8.68. The summed E-state index contributed by atoms with van der Waals surface area (Å²) in [6.07, 6.45) is 0. The summed E-state index contributed by atoms with van der Waals surface area (Å²) in [5, 5.41) is 11.2. The van der Waals surface area contributed by atoms with Gasteiger partial charge < -0.3 is 9.47 Å². The van der Waals surface area contributed by atoms with E-state index in [0.717, 1.165) is 39.0 Å². The van der Waals surface area contributed by atoms with E-state index in [-0.39, 0.29) is 5.78 Å². The Balaban J connectivity index is 1.71. The minimum absolute atomic E-state index is 0.0926. The number of carbonyl (C=O) groups is 1. The fraction of sp³-hybridized carbons (Fsp3) is 0.316. The second-order valence-corrected chi connectivity index (χ2v) is 8.61. The number of hydrogen-bond acceptors (Lipinski definition) is 6. The highest BCUT2D eigenvalue weighted by Gasteiger charge is 2.16. The Hall–Kier alpha value is -1.64. The lowest BCUT2D eigenvalue weighted by Crippen LogP contribution is -2.21. The number of halogens is 1. The first-order chi connectivity index (χ1) is 13.0. The van der Waals surface area contributed by atoms with Crippen LogP contribution in [0.4, 0.5) is 5.69 Å². The van der Waals surface area contributed by atoms with Crippen molar-refractivity contribution in [2.24, 2.45) is 7.05 Å². The van der Waals surface area contributed by atoms with Gasteiger partial charge in [-0.05, 0) is 65.5 Å². The molecule has 0 radical (unpaired) electrons. The molecule has 3 aromatic rings. The van der Waals surface area contributed by atoms with Gasteiger partial charge in [0.25, 0.3) is 0 Å². The van der Waals surface area contributed by atoms with Crippen LogP contribution in [0.25, 0.3) is 11.4 Å². The number of carbonyl (C=O) groups excluding carboxylic acids is 1. The van der Waals surface area contributed by atoms with Crippen molar-refractivity contribution in [3.63, 3.8) is 0 Å². The van der Waals surface area contributed by atoms with Gasteiger partial charge in [-0.3, -0.25) is 4.79 Å². The molecule has 0 fully saturated rings. The van der Waals surface area contributed by atoms with E-state index < -0.39 is 0 Å². The molecule has 0 aliphatic carbocycles. The van der Waals surface area contributed by atoms with Crippen LogP contribution < -0.4 is 4.90 Å². The fourth-order valence-corrected chi connectivity index (χ4v) is 5.20. The molecule has 0 unspecified atom stereocenters. The highest BCUT2D eigenvalue weighted by atomic mass is 79.9. The highest BCUT2D eigenvalue weighted by Crippen LogP contribution is 2.28. The summed E-state index contributed by atoms with van der Waals surface area (Å²) in [6.45, 7) is 6.27. The van der Waals surface area contributed by atoms with Crippen molar-refractivity contribution in [2.75, 3.05) is 23.7 Å². The van der Waals surface area contributed by atoms with Gasteiger partial charge in [0.05, 0.1) is 10.6 Å². The molecule has 2 heterocycles. The maximum Gasteiger partial charge on any atom is 0.191 e. The molecule has 0 N–H and O–H groups in total. The standard InChI is InChI=1S/C19H21BrN4OS2/c1-4-24(5-2)14-8-6-13(7-9-14)18-21-22-19(23(18)3)27-12-16(25)17-15(20)10-11-26-17/h6-11H,4-5,12H2,1-3H3. The number of nitrogens with zero attached hydrogens (tertiary/aromatic N) is 4. The molecule has 0 atom stereocenters. The molecule has 3 rings (SSSR count). The Morgan fingerprint density at radius 3 is 2.48 bits per heavy atom. The zero-order valence-corrected chi connectivity index (χ0v) is 18.7. The van der Waals surface area contributed by atoms with Crippen molar-refractivity contribution in [2.45, 2.75) is 19.0 Å². The summed E-state index contributed by atoms with van der Waals surface area (Å²) < 4.78 is 2.79. The van der Waals surface area contributed by atoms with Crippen LogP contribution in [-0.2, 0) is 7.05 Å². The predicted octanol–water partition coefficient (Wildman–Crippen LogP) is 5.13. The summed E-state index contributed by atoms with van der Waals surface area (Å²) in [4.78, 5) is 15.4. The zero-order chi connectivity index (χ0) is 19.4. The third-order valence-electron chi connectivity index (χ3n) is 4.29. The number of Topliss-reactive ketones (excluding diaryl/α,β-unsaturated/α-hetero) is 1. The minimum Gasteiger partial charge on any atom is -0.372 e. The van der Waals surface area contributed by atoms with Gasteiger partial charge in [0.15, 0.2) is 16.8 Å². The first kappa shape index (κ1) is 20.1. The van der Waals surface area contributed by atoms with E-state index >= 15 is 0 Å². The molecule has 1 aromatic carbocycles. The summed E-state index contributed by atoms with van der Waals surface area (Å²) in [7, 11) is 1.93. The lowest BCUT2D eigenvalue weighted by atomic mass is 10.2. The smallest absolute Gasteiger partial charge is 0.191 e. The SMILES string of the molecule is CCN(CC)c1ccc(-c2nnc(SCC(=O)c3sccc3Br)n2C)cc1. The summed E-state index contributed by atoms with van der Waals surface area (Å²) in [6, 6.07) is 10.3. The Morgan fingerprint density at radius 1 is 1.19 bits per heavy atom. The van der Waals surface area contributed by atoms with Crippen molar-refractivity contribution in [1.29, 1.82) is 0 Å². The van der Waals surface area contributed by atoms with Gasteiger partial charge in [-0.2, -0.15) is 0 Å². The van der Waals surface area contributed by atoms with Crippen molar-refractivity contribution >= 4 is 50.5 Å². The van der Waals surface area contributed by atoms with E-state index in [1.807, 2.05) is 23.1 Å². The van der Waals surface area contributed by atoms with Gasteiger partial charge in [-0.25, -0.2) is 0 Å². The van der Waals surface area contributed by atoms with Gasteiger partial charge in [0.2, 0.25) is 0 Å². The first-order valence-corrected chi connectivity index (χ1v) is 11.3. The number of anilines is 1. The monoisotopic (exact) mass is 464 g/mol. The maximum absolute atomic E-state index is 12.3. The van der Waals surface area contributed by atoms with Crippen LogP contribution in [0.2, 0.25) is 0 Å². The van der Waals surface area contributed by atoms with Gasteiger partial charge in [-0.1, -0.05) is 11.8 Å². The molecule has 0 saturated heterocycles. The Morgan fingerprint density at radius 2 is 1.89 bits per heavy atom. The molecular weight excluding hydrogens is 444 g/mol. The quantitative estimate of drug-likeness (QED) is 0.341. The minimum atomic E-state index is 0.0926. The Bertz CT molecular complexity index is 916. The summed E-state index contributed by atoms with van der Waals surface area (Å²) in [5.74, 6) is 1.23. The van der Waals surface area contributed by atoms with Crippen LogP contribution >= 0.6 is 39.0 Å². The highest BCUT2D eigenvalue weighted by molar-refractivity contribution is 9.10. The van der Waals surface area contributed by atoms with Crippen LogP contribution in [0.15, 0.2) is 45.3 Å². The second-order valence-electron chi connectivity index (χ2n) is 5.89. The van der Waals surface area contributed by atoms with E-state index in [4.69, 9.17) is 0 Å². The van der Waals surface area contributed by atoms with Crippen LogP contribution in [-0.4, -0.2) is 39.4 Å². The number of ketones is 1. The molecule has 27 heavy (non-hydrogen) atoms. The Kier molecular flexibility index (Phi) is 6.73.